The van der Waals surface area contributed by atoms with Crippen molar-refractivity contribution < 1.29 is 19.5 Å². The third kappa shape index (κ3) is 4.84. The Kier molecular flexibility index (Phi) is 6.48. The van der Waals surface area contributed by atoms with Crippen LogP contribution < -0.4 is 16.2 Å². The van der Waals surface area contributed by atoms with Crippen molar-refractivity contribution in [2.45, 2.75) is 19.9 Å². The van der Waals surface area contributed by atoms with Gasteiger partial charge in [-0.15, -0.1) is 11.3 Å². The van der Waals surface area contributed by atoms with Gasteiger partial charge >= 0.3 is 0 Å². The minimum Gasteiger partial charge on any atom is -0.504 e. The molecular formula is C20H21N5O4S. The molecule has 2 heterocycles. The molecule has 0 aliphatic rings. The number of aromatic nitrogens is 2. The van der Waals surface area contributed by atoms with E-state index in [1.54, 1.807) is 55.6 Å². The topological polar surface area (TPSA) is 125 Å². The molecule has 1 aromatic carbocycles. The van der Waals surface area contributed by atoms with Crippen molar-refractivity contribution in [2.24, 2.45) is 5.92 Å². The van der Waals surface area contributed by atoms with E-state index in [4.69, 9.17) is 0 Å². The Labute approximate surface area is 176 Å². The van der Waals surface area contributed by atoms with Gasteiger partial charge in [-0.1, -0.05) is 38.1 Å². The first-order valence-electron chi connectivity index (χ1n) is 9.15. The van der Waals surface area contributed by atoms with Crippen molar-refractivity contribution in [1.82, 2.24) is 25.9 Å². The lowest BCUT2D eigenvalue weighted by atomic mass is 10.0. The number of para-hydroxylation sites is 1. The number of hydrazine groups is 1. The zero-order chi connectivity index (χ0) is 21.7. The van der Waals surface area contributed by atoms with Crippen LogP contribution in [0.15, 0.2) is 54.0 Å². The number of hydrogen-bond acceptors (Lipinski definition) is 6. The highest BCUT2D eigenvalue weighted by Gasteiger charge is 2.26. The number of rotatable bonds is 6. The number of nitrogens with one attached hydrogen (secondary N) is 3. The van der Waals surface area contributed by atoms with Crippen LogP contribution in [-0.4, -0.2) is 38.7 Å². The van der Waals surface area contributed by atoms with Gasteiger partial charge in [0.1, 0.15) is 6.04 Å². The summed E-state index contributed by atoms with van der Waals surface area (Å²) in [6, 6.07) is 11.5. The summed E-state index contributed by atoms with van der Waals surface area (Å²) in [6.07, 6.45) is 1.30. The average molecular weight is 427 g/mol. The molecule has 0 spiro atoms. The third-order valence-corrected chi connectivity index (χ3v) is 5.08. The van der Waals surface area contributed by atoms with Crippen molar-refractivity contribution >= 4 is 29.1 Å². The van der Waals surface area contributed by atoms with Crippen molar-refractivity contribution in [3.63, 3.8) is 0 Å². The van der Waals surface area contributed by atoms with Crippen LogP contribution in [0.3, 0.4) is 0 Å². The summed E-state index contributed by atoms with van der Waals surface area (Å²) in [5, 5.41) is 18.5. The maximum atomic E-state index is 12.5. The molecule has 0 fully saturated rings. The van der Waals surface area contributed by atoms with E-state index in [0.717, 1.165) is 0 Å². The van der Waals surface area contributed by atoms with Gasteiger partial charge in [-0.3, -0.25) is 25.2 Å². The summed E-state index contributed by atoms with van der Waals surface area (Å²) in [5.74, 6) is -2.31. The van der Waals surface area contributed by atoms with E-state index in [2.05, 4.69) is 21.3 Å². The molecule has 1 unspecified atom stereocenters. The maximum absolute atomic E-state index is 12.5. The summed E-state index contributed by atoms with van der Waals surface area (Å²) >= 11 is 1.26. The normalized spacial score (nSPS) is 11.7. The smallest absolute Gasteiger partial charge is 0.294 e. The summed E-state index contributed by atoms with van der Waals surface area (Å²) in [7, 11) is 0. The fourth-order valence-corrected chi connectivity index (χ4v) is 3.28. The van der Waals surface area contributed by atoms with Crippen LogP contribution in [0.5, 0.6) is 5.75 Å². The van der Waals surface area contributed by atoms with E-state index >= 15 is 0 Å². The Balaban J connectivity index is 1.63. The number of benzene rings is 1. The van der Waals surface area contributed by atoms with Crippen molar-refractivity contribution in [2.75, 3.05) is 0 Å². The Morgan fingerprint density at radius 3 is 2.40 bits per heavy atom. The molecule has 3 amide bonds. The highest BCUT2D eigenvalue weighted by molar-refractivity contribution is 7.12. The van der Waals surface area contributed by atoms with Crippen molar-refractivity contribution in [1.29, 1.82) is 0 Å². The Morgan fingerprint density at radius 1 is 1.03 bits per heavy atom. The lowest BCUT2D eigenvalue weighted by Crippen LogP contribution is -2.54. The highest BCUT2D eigenvalue weighted by Crippen LogP contribution is 2.17. The van der Waals surface area contributed by atoms with Gasteiger partial charge < -0.3 is 10.4 Å². The maximum Gasteiger partial charge on any atom is 0.294 e. The van der Waals surface area contributed by atoms with Crippen LogP contribution >= 0.6 is 11.3 Å². The van der Waals surface area contributed by atoms with E-state index in [9.17, 15) is 19.5 Å². The van der Waals surface area contributed by atoms with Crippen LogP contribution in [0.25, 0.3) is 5.69 Å². The van der Waals surface area contributed by atoms with Crippen LogP contribution in [0.1, 0.15) is 34.0 Å². The zero-order valence-corrected chi connectivity index (χ0v) is 17.1. The summed E-state index contributed by atoms with van der Waals surface area (Å²) in [6.45, 7) is 3.54. The number of hydrogen-bond donors (Lipinski definition) is 4. The lowest BCUT2D eigenvalue weighted by Gasteiger charge is -2.21. The molecule has 0 saturated carbocycles. The molecule has 0 aliphatic carbocycles. The van der Waals surface area contributed by atoms with Crippen LogP contribution in [0.4, 0.5) is 0 Å². The molecule has 156 valence electrons. The van der Waals surface area contributed by atoms with Gasteiger partial charge in [0, 0.05) is 0 Å². The van der Waals surface area contributed by atoms with Gasteiger partial charge in [0.25, 0.3) is 17.7 Å². The monoisotopic (exact) mass is 427 g/mol. The van der Waals surface area contributed by atoms with Crippen LogP contribution in [0, 0.1) is 5.92 Å². The van der Waals surface area contributed by atoms with Gasteiger partial charge in [-0.05, 0) is 29.5 Å². The van der Waals surface area contributed by atoms with Gasteiger partial charge in [-0.2, -0.15) is 5.10 Å². The van der Waals surface area contributed by atoms with E-state index < -0.39 is 17.9 Å². The second-order valence-electron chi connectivity index (χ2n) is 6.76. The van der Waals surface area contributed by atoms with E-state index in [-0.39, 0.29) is 23.3 Å². The minimum absolute atomic E-state index is 0.225. The van der Waals surface area contributed by atoms with E-state index in [1.807, 2.05) is 6.07 Å². The predicted molar refractivity (Wildman–Crippen MR) is 111 cm³/mol. The SMILES string of the molecule is CC(C)C(NC(=O)c1cccs1)C(=O)NNC(=O)c1nn(-c2ccccc2)cc1O. The number of carbonyl (C=O) groups is 3. The van der Waals surface area contributed by atoms with Gasteiger partial charge in [0.05, 0.1) is 16.8 Å². The zero-order valence-electron chi connectivity index (χ0n) is 16.3. The first kappa shape index (κ1) is 21.1. The Hall–Kier alpha value is -3.66. The molecule has 9 nitrogen and oxygen atoms in total. The van der Waals surface area contributed by atoms with E-state index in [1.165, 1.54) is 22.2 Å². The van der Waals surface area contributed by atoms with Gasteiger partial charge in [0.2, 0.25) is 0 Å². The summed E-state index contributed by atoms with van der Waals surface area (Å²) in [5.41, 5.74) is 4.92. The Bertz CT molecular complexity index is 1030. The summed E-state index contributed by atoms with van der Waals surface area (Å²) < 4.78 is 1.35. The molecule has 3 aromatic rings. The average Bonchev–Trinajstić information content (AvgIpc) is 3.40. The highest BCUT2D eigenvalue weighted by atomic mass is 32.1. The minimum atomic E-state index is -0.865. The first-order chi connectivity index (χ1) is 14.4. The molecule has 0 radical (unpaired) electrons. The number of aromatic hydroxyl groups is 1. The Morgan fingerprint density at radius 2 is 1.77 bits per heavy atom. The van der Waals surface area contributed by atoms with Gasteiger partial charge in [-0.25, -0.2) is 4.68 Å². The quantitative estimate of drug-likeness (QED) is 0.447. The van der Waals surface area contributed by atoms with Crippen LogP contribution in [-0.2, 0) is 4.79 Å². The van der Waals surface area contributed by atoms with Crippen molar-refractivity contribution in [3.8, 4) is 11.4 Å². The molecular weight excluding hydrogens is 406 g/mol. The largest absolute Gasteiger partial charge is 0.504 e. The van der Waals surface area contributed by atoms with Gasteiger partial charge in [0.15, 0.2) is 11.4 Å². The number of amides is 3. The molecule has 1 atom stereocenters. The third-order valence-electron chi connectivity index (χ3n) is 4.21. The molecule has 3 rings (SSSR count). The summed E-state index contributed by atoms with van der Waals surface area (Å²) in [4.78, 5) is 37.6. The molecule has 0 bridgehead atoms. The predicted octanol–water partition coefficient (Wildman–Crippen LogP) is 1.85. The number of thiophene rings is 1. The van der Waals surface area contributed by atoms with Crippen molar-refractivity contribution in [3.05, 3.63) is 64.6 Å². The number of carbonyl (C=O) groups excluding carboxylic acids is 3. The lowest BCUT2D eigenvalue weighted by molar-refractivity contribution is -0.124. The first-order valence-corrected chi connectivity index (χ1v) is 10.0. The molecule has 30 heavy (non-hydrogen) atoms. The molecule has 4 N–H and O–H groups in total. The van der Waals surface area contributed by atoms with E-state index in [0.29, 0.717) is 10.6 Å². The molecule has 0 saturated heterocycles. The number of nitrogens with zero attached hydrogens (tertiary/aromatic N) is 2. The second-order valence-corrected chi connectivity index (χ2v) is 7.71. The molecule has 0 aliphatic heterocycles. The fraction of sp³-hybridized carbons (Fsp3) is 0.200. The second kappa shape index (κ2) is 9.23. The standard InChI is InChI=1S/C20H21N5O4S/c1-12(2)16(21-18(27)15-9-6-10-30-15)19(28)22-23-20(29)17-14(26)11-25(24-17)13-7-4-3-5-8-13/h3-12,16,26H,1-2H3,(H,21,27)(H,22,28)(H,23,29). The molecule has 2 aromatic heterocycles. The fourth-order valence-electron chi connectivity index (χ4n) is 2.65. The van der Waals surface area contributed by atoms with Crippen LogP contribution in [0.2, 0.25) is 0 Å². The molecule has 10 heteroatoms.